The third-order valence-electron chi connectivity index (χ3n) is 4.55. The van der Waals surface area contributed by atoms with Crippen LogP contribution in [0.25, 0.3) is 0 Å². The van der Waals surface area contributed by atoms with Crippen LogP contribution in [0.3, 0.4) is 0 Å². The molecule has 2 aromatic rings. The van der Waals surface area contributed by atoms with E-state index in [1.165, 1.54) is 24.3 Å². The van der Waals surface area contributed by atoms with Gasteiger partial charge in [-0.2, -0.15) is 0 Å². The lowest BCUT2D eigenvalue weighted by molar-refractivity contribution is -0.120. The summed E-state index contributed by atoms with van der Waals surface area (Å²) >= 11 is 12.1. The van der Waals surface area contributed by atoms with Crippen LogP contribution in [0, 0.1) is 5.82 Å². The molecule has 154 valence electrons. The van der Waals surface area contributed by atoms with Gasteiger partial charge in [-0.3, -0.25) is 19.4 Å². The molecule has 29 heavy (non-hydrogen) atoms. The summed E-state index contributed by atoms with van der Waals surface area (Å²) in [5, 5.41) is 6.28. The largest absolute Gasteiger partial charge is 0.325 e. The molecule has 1 heterocycles. The Balaban J connectivity index is 1.41. The topological polar surface area (TPSA) is 64.7 Å². The number of para-hydroxylation sites is 1. The first-order chi connectivity index (χ1) is 13.9. The van der Waals surface area contributed by atoms with E-state index in [-0.39, 0.29) is 30.7 Å². The number of halogens is 3. The van der Waals surface area contributed by atoms with Crippen molar-refractivity contribution in [3.63, 3.8) is 0 Å². The van der Waals surface area contributed by atoms with Gasteiger partial charge in [0.15, 0.2) is 0 Å². The third-order valence-corrected chi connectivity index (χ3v) is 5.18. The molecular weight excluding hydrogens is 418 g/mol. The fraction of sp³-hybridized carbons (Fsp3) is 0.300. The Morgan fingerprint density at radius 1 is 0.828 bits per heavy atom. The van der Waals surface area contributed by atoms with E-state index in [1.807, 2.05) is 9.80 Å². The molecule has 1 saturated heterocycles. The van der Waals surface area contributed by atoms with Gasteiger partial charge in [-0.25, -0.2) is 4.39 Å². The second kappa shape index (κ2) is 10.0. The normalized spacial score (nSPS) is 15.1. The third kappa shape index (κ3) is 6.40. The van der Waals surface area contributed by atoms with E-state index >= 15 is 0 Å². The summed E-state index contributed by atoms with van der Waals surface area (Å²) in [5.41, 5.74) is 0.974. The smallest absolute Gasteiger partial charge is 0.238 e. The van der Waals surface area contributed by atoms with Gasteiger partial charge in [0.25, 0.3) is 0 Å². The van der Waals surface area contributed by atoms with Gasteiger partial charge in [0.2, 0.25) is 11.8 Å². The first-order valence-corrected chi connectivity index (χ1v) is 9.90. The number of piperazine rings is 1. The highest BCUT2D eigenvalue weighted by Crippen LogP contribution is 2.29. The number of carbonyl (C=O) groups excluding carboxylic acids is 2. The summed E-state index contributed by atoms with van der Waals surface area (Å²) in [6.07, 6.45) is 0. The molecule has 1 aliphatic rings. The average molecular weight is 439 g/mol. The molecule has 6 nitrogen and oxygen atoms in total. The molecule has 1 aliphatic heterocycles. The zero-order valence-corrected chi connectivity index (χ0v) is 17.1. The maximum absolute atomic E-state index is 12.9. The fourth-order valence-corrected chi connectivity index (χ4v) is 3.53. The number of hydrogen-bond donors (Lipinski definition) is 2. The van der Waals surface area contributed by atoms with Crippen LogP contribution in [0.4, 0.5) is 15.8 Å². The predicted molar refractivity (Wildman–Crippen MR) is 113 cm³/mol. The van der Waals surface area contributed by atoms with Gasteiger partial charge in [0.05, 0.1) is 28.8 Å². The maximum Gasteiger partial charge on any atom is 0.238 e. The summed E-state index contributed by atoms with van der Waals surface area (Å²) in [5.74, 6) is -0.696. The number of anilines is 2. The zero-order valence-electron chi connectivity index (χ0n) is 15.6. The second-order valence-corrected chi connectivity index (χ2v) is 7.57. The SMILES string of the molecule is O=C(CN1CCN(CC(=O)Nc2c(Cl)cccc2Cl)CC1)Nc1ccc(F)cc1. The van der Waals surface area contributed by atoms with Gasteiger partial charge in [-0.15, -0.1) is 0 Å². The molecule has 9 heteroatoms. The number of rotatable bonds is 6. The van der Waals surface area contributed by atoms with E-state index in [0.29, 0.717) is 47.6 Å². The molecule has 0 unspecified atom stereocenters. The lowest BCUT2D eigenvalue weighted by atomic mass is 10.2. The van der Waals surface area contributed by atoms with Crippen LogP contribution in [0.5, 0.6) is 0 Å². The van der Waals surface area contributed by atoms with Crippen LogP contribution >= 0.6 is 23.2 Å². The minimum atomic E-state index is -0.347. The molecule has 0 radical (unpaired) electrons. The lowest BCUT2D eigenvalue weighted by Crippen LogP contribution is -2.50. The molecule has 2 amide bonds. The van der Waals surface area contributed by atoms with Crippen molar-refractivity contribution in [2.24, 2.45) is 0 Å². The molecule has 0 saturated carbocycles. The fourth-order valence-electron chi connectivity index (χ4n) is 3.04. The Bertz CT molecular complexity index is 851. The highest BCUT2D eigenvalue weighted by atomic mass is 35.5. The minimum Gasteiger partial charge on any atom is -0.325 e. The van der Waals surface area contributed by atoms with Crippen LogP contribution in [0.1, 0.15) is 0 Å². The first-order valence-electron chi connectivity index (χ1n) is 9.15. The van der Waals surface area contributed by atoms with E-state index in [2.05, 4.69) is 10.6 Å². The summed E-state index contributed by atoms with van der Waals surface area (Å²) in [4.78, 5) is 28.5. The van der Waals surface area contributed by atoms with Crippen molar-refractivity contribution in [2.75, 3.05) is 49.9 Å². The average Bonchev–Trinajstić information content (AvgIpc) is 2.68. The van der Waals surface area contributed by atoms with Crippen molar-refractivity contribution in [3.8, 4) is 0 Å². The van der Waals surface area contributed by atoms with Crippen LogP contribution < -0.4 is 10.6 Å². The standard InChI is InChI=1S/C20H21Cl2FN4O2/c21-16-2-1-3-17(22)20(16)25-19(29)13-27-10-8-26(9-11-27)12-18(28)24-15-6-4-14(23)5-7-15/h1-7H,8-13H2,(H,24,28)(H,25,29). The molecule has 0 bridgehead atoms. The minimum absolute atomic E-state index is 0.156. The van der Waals surface area contributed by atoms with Gasteiger partial charge in [0, 0.05) is 31.9 Å². The van der Waals surface area contributed by atoms with Crippen LogP contribution in [-0.2, 0) is 9.59 Å². The monoisotopic (exact) mass is 438 g/mol. The van der Waals surface area contributed by atoms with Gasteiger partial charge in [-0.05, 0) is 36.4 Å². The molecular formula is C20H21Cl2FN4O2. The highest BCUT2D eigenvalue weighted by Gasteiger charge is 2.21. The van der Waals surface area contributed by atoms with Crippen LogP contribution in [-0.4, -0.2) is 60.9 Å². The van der Waals surface area contributed by atoms with Gasteiger partial charge < -0.3 is 10.6 Å². The molecule has 0 atom stereocenters. The molecule has 1 fully saturated rings. The molecule has 0 spiro atoms. The van der Waals surface area contributed by atoms with Crippen LogP contribution in [0.15, 0.2) is 42.5 Å². The van der Waals surface area contributed by atoms with E-state index in [1.54, 1.807) is 18.2 Å². The Morgan fingerprint density at radius 2 is 1.31 bits per heavy atom. The first kappa shape index (κ1) is 21.5. The Labute approximate surface area is 178 Å². The number of nitrogens with zero attached hydrogens (tertiary/aromatic N) is 2. The molecule has 2 aromatic carbocycles. The second-order valence-electron chi connectivity index (χ2n) is 6.75. The Morgan fingerprint density at radius 3 is 1.83 bits per heavy atom. The quantitative estimate of drug-likeness (QED) is 0.725. The number of amides is 2. The van der Waals surface area contributed by atoms with E-state index in [9.17, 15) is 14.0 Å². The lowest BCUT2D eigenvalue weighted by Gasteiger charge is -2.33. The van der Waals surface area contributed by atoms with Crippen molar-refractivity contribution in [3.05, 3.63) is 58.3 Å². The van der Waals surface area contributed by atoms with Crippen molar-refractivity contribution in [1.29, 1.82) is 0 Å². The maximum atomic E-state index is 12.9. The number of nitrogens with one attached hydrogen (secondary N) is 2. The number of hydrogen-bond acceptors (Lipinski definition) is 4. The molecule has 3 rings (SSSR count). The summed E-state index contributed by atoms with van der Waals surface area (Å²) in [7, 11) is 0. The predicted octanol–water partition coefficient (Wildman–Crippen LogP) is 3.33. The van der Waals surface area contributed by atoms with Crippen molar-refractivity contribution >= 4 is 46.4 Å². The highest BCUT2D eigenvalue weighted by molar-refractivity contribution is 6.39. The van der Waals surface area contributed by atoms with Crippen LogP contribution in [0.2, 0.25) is 10.0 Å². The van der Waals surface area contributed by atoms with E-state index in [4.69, 9.17) is 23.2 Å². The number of carbonyl (C=O) groups is 2. The Kier molecular flexibility index (Phi) is 7.44. The Hall–Kier alpha value is -2.19. The van der Waals surface area contributed by atoms with Crippen molar-refractivity contribution in [2.45, 2.75) is 0 Å². The number of benzene rings is 2. The zero-order chi connectivity index (χ0) is 20.8. The molecule has 0 aromatic heterocycles. The molecule has 2 N–H and O–H groups in total. The van der Waals surface area contributed by atoms with Gasteiger partial charge >= 0.3 is 0 Å². The summed E-state index contributed by atoms with van der Waals surface area (Å²) < 4.78 is 12.9. The van der Waals surface area contributed by atoms with E-state index < -0.39 is 0 Å². The van der Waals surface area contributed by atoms with E-state index in [0.717, 1.165) is 0 Å². The summed E-state index contributed by atoms with van der Waals surface area (Å²) in [6.45, 7) is 3.11. The van der Waals surface area contributed by atoms with Gasteiger partial charge in [-0.1, -0.05) is 29.3 Å². The van der Waals surface area contributed by atoms with Crippen molar-refractivity contribution in [1.82, 2.24) is 9.80 Å². The van der Waals surface area contributed by atoms with Crippen molar-refractivity contribution < 1.29 is 14.0 Å². The summed E-state index contributed by atoms with van der Waals surface area (Å²) in [6, 6.07) is 10.7. The van der Waals surface area contributed by atoms with Gasteiger partial charge in [0.1, 0.15) is 5.82 Å². The molecule has 0 aliphatic carbocycles.